The van der Waals surface area contributed by atoms with Gasteiger partial charge in [-0.1, -0.05) is 31.5 Å². The van der Waals surface area contributed by atoms with E-state index in [2.05, 4.69) is 31.0 Å². The first kappa shape index (κ1) is 19.3. The molecule has 3 rings (SSSR count). The summed E-state index contributed by atoms with van der Waals surface area (Å²) in [4.78, 5) is 16.6. The molecule has 0 aliphatic carbocycles. The zero-order valence-electron chi connectivity index (χ0n) is 14.7. The first-order valence-electron chi connectivity index (χ1n) is 8.56. The van der Waals surface area contributed by atoms with Gasteiger partial charge in [0.2, 0.25) is 0 Å². The van der Waals surface area contributed by atoms with Crippen LogP contribution >= 0.6 is 27.5 Å². The maximum atomic E-state index is 14.0. The van der Waals surface area contributed by atoms with Gasteiger partial charge in [0.25, 0.3) is 5.91 Å². The van der Waals surface area contributed by atoms with Crippen molar-refractivity contribution < 1.29 is 9.18 Å². The Bertz CT molecular complexity index is 782. The van der Waals surface area contributed by atoms with E-state index in [0.29, 0.717) is 49.0 Å². The van der Waals surface area contributed by atoms with Crippen molar-refractivity contribution >= 4 is 33.4 Å². The molecule has 0 bridgehead atoms. The fourth-order valence-corrected chi connectivity index (χ4v) is 4.06. The smallest absolute Gasteiger partial charge is 0.275 e. The van der Waals surface area contributed by atoms with Crippen LogP contribution in [0.1, 0.15) is 41.5 Å². The number of amides is 1. The molecule has 0 atom stereocenters. The molecule has 2 heterocycles. The Hall–Kier alpha value is -1.44. The Morgan fingerprint density at radius 1 is 1.35 bits per heavy atom. The van der Waals surface area contributed by atoms with Gasteiger partial charge in [0, 0.05) is 43.3 Å². The van der Waals surface area contributed by atoms with E-state index in [-0.39, 0.29) is 17.6 Å². The Balaban J connectivity index is 1.62. The van der Waals surface area contributed by atoms with Gasteiger partial charge in [-0.2, -0.15) is 5.10 Å². The number of rotatable bonds is 4. The number of halogens is 3. The highest BCUT2D eigenvalue weighted by molar-refractivity contribution is 9.10. The van der Waals surface area contributed by atoms with E-state index in [1.54, 1.807) is 17.0 Å². The molecule has 140 valence electrons. The molecule has 1 aliphatic rings. The van der Waals surface area contributed by atoms with E-state index in [0.717, 1.165) is 10.2 Å². The highest BCUT2D eigenvalue weighted by Gasteiger charge is 2.27. The topological polar surface area (TPSA) is 52.2 Å². The Morgan fingerprint density at radius 2 is 2.04 bits per heavy atom. The summed E-state index contributed by atoms with van der Waals surface area (Å²) >= 11 is 9.59. The normalized spacial score (nSPS) is 15.7. The van der Waals surface area contributed by atoms with E-state index in [4.69, 9.17) is 11.6 Å². The lowest BCUT2D eigenvalue weighted by Gasteiger charge is -2.34. The molecule has 2 aromatic rings. The number of benzene rings is 1. The zero-order chi connectivity index (χ0) is 18.8. The summed E-state index contributed by atoms with van der Waals surface area (Å²) in [6.45, 7) is 6.99. The van der Waals surface area contributed by atoms with E-state index >= 15 is 0 Å². The molecule has 26 heavy (non-hydrogen) atoms. The van der Waals surface area contributed by atoms with Crippen LogP contribution in [0.2, 0.25) is 5.02 Å². The fraction of sp³-hybridized carbons (Fsp3) is 0.444. The van der Waals surface area contributed by atoms with Gasteiger partial charge in [0.05, 0.1) is 10.2 Å². The molecule has 0 saturated carbocycles. The minimum absolute atomic E-state index is 0.0939. The third-order valence-corrected chi connectivity index (χ3v) is 5.77. The molecule has 1 aromatic carbocycles. The lowest BCUT2D eigenvalue weighted by atomic mass is 10.1. The van der Waals surface area contributed by atoms with Crippen LogP contribution in [0.25, 0.3) is 0 Å². The molecule has 0 radical (unpaired) electrons. The van der Waals surface area contributed by atoms with Crippen molar-refractivity contribution in [1.29, 1.82) is 0 Å². The van der Waals surface area contributed by atoms with Gasteiger partial charge in [0.15, 0.2) is 5.69 Å². The van der Waals surface area contributed by atoms with Crippen molar-refractivity contribution in [1.82, 2.24) is 20.0 Å². The largest absolute Gasteiger partial charge is 0.335 e. The lowest BCUT2D eigenvalue weighted by molar-refractivity contribution is 0.0620. The van der Waals surface area contributed by atoms with Crippen LogP contribution in [0.5, 0.6) is 0 Å². The van der Waals surface area contributed by atoms with Gasteiger partial charge in [-0.15, -0.1) is 0 Å². The monoisotopic (exact) mass is 442 g/mol. The van der Waals surface area contributed by atoms with Crippen LogP contribution in [0.4, 0.5) is 4.39 Å². The second-order valence-corrected chi connectivity index (χ2v) is 7.92. The molecule has 1 amide bonds. The zero-order valence-corrected chi connectivity index (χ0v) is 17.1. The standard InChI is InChI=1S/C18H21BrClFN4O/c1-11(2)16-15(19)17(23-22-16)18(26)25-8-6-24(7-9-25)10-12-13(20)4-3-5-14(12)21/h3-5,11H,6-10H2,1-2H3,(H,22,23). The number of H-pyrrole nitrogens is 1. The third kappa shape index (κ3) is 3.94. The number of hydrogen-bond donors (Lipinski definition) is 1. The predicted molar refractivity (Wildman–Crippen MR) is 103 cm³/mol. The van der Waals surface area contributed by atoms with Crippen LogP contribution in [-0.2, 0) is 6.54 Å². The summed E-state index contributed by atoms with van der Waals surface area (Å²) in [6, 6.07) is 4.72. The summed E-state index contributed by atoms with van der Waals surface area (Å²) in [5.41, 5.74) is 1.84. The lowest BCUT2D eigenvalue weighted by Crippen LogP contribution is -2.48. The van der Waals surface area contributed by atoms with E-state index in [1.807, 2.05) is 13.8 Å². The molecule has 1 aliphatic heterocycles. The van der Waals surface area contributed by atoms with Crippen molar-refractivity contribution in [3.8, 4) is 0 Å². The number of aromatic amines is 1. The number of nitrogens with one attached hydrogen (secondary N) is 1. The number of nitrogens with zero attached hydrogens (tertiary/aromatic N) is 3. The average Bonchev–Trinajstić information content (AvgIpc) is 3.00. The van der Waals surface area contributed by atoms with Crippen LogP contribution < -0.4 is 0 Å². The molecule has 5 nitrogen and oxygen atoms in total. The summed E-state index contributed by atoms with van der Waals surface area (Å²) in [5.74, 6) is -0.137. The van der Waals surface area contributed by atoms with Gasteiger partial charge < -0.3 is 4.90 Å². The molecular weight excluding hydrogens is 423 g/mol. The number of carbonyl (C=O) groups is 1. The minimum atomic E-state index is -0.294. The van der Waals surface area contributed by atoms with Gasteiger partial charge in [0.1, 0.15) is 5.82 Å². The molecule has 1 saturated heterocycles. The summed E-state index contributed by atoms with van der Waals surface area (Å²) in [7, 11) is 0. The van der Waals surface area contributed by atoms with E-state index in [9.17, 15) is 9.18 Å². The molecule has 1 aromatic heterocycles. The summed E-state index contributed by atoms with van der Waals surface area (Å²) in [6.07, 6.45) is 0. The average molecular weight is 444 g/mol. The van der Waals surface area contributed by atoms with Crippen molar-refractivity contribution in [2.45, 2.75) is 26.3 Å². The van der Waals surface area contributed by atoms with Gasteiger partial charge >= 0.3 is 0 Å². The second-order valence-electron chi connectivity index (χ2n) is 6.72. The van der Waals surface area contributed by atoms with E-state index in [1.165, 1.54) is 6.07 Å². The van der Waals surface area contributed by atoms with Crippen molar-refractivity contribution in [3.63, 3.8) is 0 Å². The maximum absolute atomic E-state index is 14.0. The number of hydrogen-bond acceptors (Lipinski definition) is 3. The first-order valence-corrected chi connectivity index (χ1v) is 9.73. The van der Waals surface area contributed by atoms with Gasteiger partial charge in [-0.05, 0) is 34.0 Å². The molecule has 8 heteroatoms. The highest BCUT2D eigenvalue weighted by Crippen LogP contribution is 2.27. The minimum Gasteiger partial charge on any atom is -0.335 e. The quantitative estimate of drug-likeness (QED) is 0.776. The van der Waals surface area contributed by atoms with Crippen LogP contribution in [0, 0.1) is 5.82 Å². The van der Waals surface area contributed by atoms with Crippen LogP contribution in [0.3, 0.4) is 0 Å². The number of carbonyl (C=O) groups excluding carboxylic acids is 1. The number of piperazine rings is 1. The van der Waals surface area contributed by atoms with Gasteiger partial charge in [-0.25, -0.2) is 4.39 Å². The Labute approximate surface area is 165 Å². The molecule has 0 spiro atoms. The van der Waals surface area contributed by atoms with E-state index < -0.39 is 0 Å². The van der Waals surface area contributed by atoms with Crippen LogP contribution in [-0.4, -0.2) is 52.1 Å². The third-order valence-electron chi connectivity index (χ3n) is 4.62. The van der Waals surface area contributed by atoms with Crippen molar-refractivity contribution in [2.75, 3.05) is 26.2 Å². The molecule has 1 fully saturated rings. The SMILES string of the molecule is CC(C)c1[nH]nc(C(=O)N2CCN(Cc3c(F)cccc3Cl)CC2)c1Br. The van der Waals surface area contributed by atoms with Gasteiger partial charge in [-0.3, -0.25) is 14.8 Å². The van der Waals surface area contributed by atoms with Crippen molar-refractivity contribution in [3.05, 3.63) is 50.5 Å². The summed E-state index contributed by atoms with van der Waals surface area (Å²) in [5, 5.41) is 7.55. The highest BCUT2D eigenvalue weighted by atomic mass is 79.9. The predicted octanol–water partition coefficient (Wildman–Crippen LogP) is 4.05. The Morgan fingerprint density at radius 3 is 2.62 bits per heavy atom. The number of aromatic nitrogens is 2. The molecular formula is C18H21BrClFN4O. The molecule has 1 N–H and O–H groups in total. The second kappa shape index (κ2) is 8.06. The fourth-order valence-electron chi connectivity index (χ4n) is 3.03. The first-order chi connectivity index (χ1) is 12.4. The summed E-state index contributed by atoms with van der Waals surface area (Å²) < 4.78 is 14.7. The molecule has 0 unspecified atom stereocenters. The van der Waals surface area contributed by atoms with Crippen LogP contribution in [0.15, 0.2) is 22.7 Å². The maximum Gasteiger partial charge on any atom is 0.275 e. The Kier molecular flexibility index (Phi) is 5.99. The van der Waals surface area contributed by atoms with Crippen molar-refractivity contribution in [2.24, 2.45) is 0 Å².